The van der Waals surface area contributed by atoms with Crippen LogP contribution in [-0.2, 0) is 11.2 Å². The molecular formula is C18H22N4O3S. The predicted octanol–water partition coefficient (Wildman–Crippen LogP) is 2.42. The van der Waals surface area contributed by atoms with Gasteiger partial charge in [0.1, 0.15) is 0 Å². The maximum atomic E-state index is 12.3. The first-order valence-corrected chi connectivity index (χ1v) is 9.72. The minimum atomic E-state index is -0.331. The van der Waals surface area contributed by atoms with Crippen LogP contribution in [0.2, 0.25) is 0 Å². The van der Waals surface area contributed by atoms with E-state index >= 15 is 0 Å². The van der Waals surface area contributed by atoms with Crippen molar-refractivity contribution < 1.29 is 9.59 Å². The van der Waals surface area contributed by atoms with Gasteiger partial charge in [0.05, 0.1) is 11.3 Å². The zero-order valence-corrected chi connectivity index (χ0v) is 15.3. The first kappa shape index (κ1) is 18.3. The lowest BCUT2D eigenvalue weighted by Gasteiger charge is -2.19. The van der Waals surface area contributed by atoms with Crippen LogP contribution in [0.4, 0.5) is 5.13 Å². The molecule has 0 atom stereocenters. The number of aromatic nitrogens is 2. The highest BCUT2D eigenvalue weighted by molar-refractivity contribution is 7.14. The minimum Gasteiger partial charge on any atom is -0.343 e. The highest BCUT2D eigenvalue weighted by Crippen LogP contribution is 2.18. The molecule has 0 radical (unpaired) electrons. The number of thiazole rings is 1. The number of nitrogens with zero attached hydrogens (tertiary/aromatic N) is 2. The molecule has 26 heavy (non-hydrogen) atoms. The summed E-state index contributed by atoms with van der Waals surface area (Å²) in [6.45, 7) is 1.72. The number of amides is 2. The molecule has 8 heteroatoms. The summed E-state index contributed by atoms with van der Waals surface area (Å²) in [5.41, 5.74) is 0.903. The Morgan fingerprint density at radius 2 is 1.96 bits per heavy atom. The lowest BCUT2D eigenvalue weighted by atomic mass is 10.2. The molecule has 3 heterocycles. The molecule has 0 unspecified atom stereocenters. The van der Waals surface area contributed by atoms with E-state index < -0.39 is 0 Å². The van der Waals surface area contributed by atoms with Crippen LogP contribution in [0.1, 0.15) is 48.2 Å². The highest BCUT2D eigenvalue weighted by atomic mass is 32.1. The number of H-pyrrole nitrogens is 1. The van der Waals surface area contributed by atoms with Crippen LogP contribution in [0, 0.1) is 0 Å². The molecule has 1 saturated heterocycles. The average Bonchev–Trinajstić information content (AvgIpc) is 2.91. The van der Waals surface area contributed by atoms with E-state index in [-0.39, 0.29) is 17.4 Å². The highest BCUT2D eigenvalue weighted by Gasteiger charge is 2.16. The van der Waals surface area contributed by atoms with E-state index in [4.69, 9.17) is 0 Å². The summed E-state index contributed by atoms with van der Waals surface area (Å²) in [5, 5.41) is 5.05. The largest absolute Gasteiger partial charge is 0.343 e. The molecular weight excluding hydrogens is 352 g/mol. The van der Waals surface area contributed by atoms with E-state index in [2.05, 4.69) is 15.3 Å². The fourth-order valence-corrected chi connectivity index (χ4v) is 3.65. The number of aromatic amines is 1. The van der Waals surface area contributed by atoms with E-state index in [0.29, 0.717) is 23.5 Å². The van der Waals surface area contributed by atoms with E-state index in [9.17, 15) is 14.4 Å². The van der Waals surface area contributed by atoms with Crippen molar-refractivity contribution >= 4 is 28.3 Å². The summed E-state index contributed by atoms with van der Waals surface area (Å²) in [5.74, 6) is -0.151. The van der Waals surface area contributed by atoms with Crippen LogP contribution in [-0.4, -0.2) is 39.8 Å². The summed E-state index contributed by atoms with van der Waals surface area (Å²) in [6, 6.07) is 2.76. The molecule has 1 aliphatic rings. The molecule has 0 bridgehead atoms. The Kier molecular flexibility index (Phi) is 6.17. The van der Waals surface area contributed by atoms with Crippen molar-refractivity contribution in [3.8, 4) is 0 Å². The SMILES string of the molecule is O=C(Nc1nc(CCC(=O)N2CCCCCC2)cs1)c1ccc(=O)[nH]c1. The molecule has 0 aliphatic carbocycles. The molecule has 2 aromatic heterocycles. The maximum Gasteiger partial charge on any atom is 0.258 e. The topological polar surface area (TPSA) is 95.2 Å². The number of hydrogen-bond donors (Lipinski definition) is 2. The summed E-state index contributed by atoms with van der Waals surface area (Å²) in [4.78, 5) is 44.3. The number of pyridine rings is 1. The Morgan fingerprint density at radius 1 is 1.19 bits per heavy atom. The van der Waals surface area contributed by atoms with E-state index in [1.807, 2.05) is 10.3 Å². The fraction of sp³-hybridized carbons (Fsp3) is 0.444. The quantitative estimate of drug-likeness (QED) is 0.840. The van der Waals surface area contributed by atoms with E-state index in [1.165, 1.54) is 42.5 Å². The molecule has 138 valence electrons. The molecule has 0 saturated carbocycles. The van der Waals surface area contributed by atoms with Crippen LogP contribution >= 0.6 is 11.3 Å². The zero-order chi connectivity index (χ0) is 18.4. The second kappa shape index (κ2) is 8.75. The van der Waals surface area contributed by atoms with Gasteiger partial charge in [0.2, 0.25) is 11.5 Å². The van der Waals surface area contributed by atoms with Gasteiger partial charge in [-0.05, 0) is 25.3 Å². The number of aryl methyl sites for hydroxylation is 1. The van der Waals surface area contributed by atoms with Gasteiger partial charge in [-0.15, -0.1) is 11.3 Å². The first-order valence-electron chi connectivity index (χ1n) is 8.84. The molecule has 1 aliphatic heterocycles. The third-order valence-electron chi connectivity index (χ3n) is 4.37. The molecule has 0 spiro atoms. The van der Waals surface area contributed by atoms with Gasteiger partial charge in [-0.2, -0.15) is 0 Å². The van der Waals surface area contributed by atoms with Crippen molar-refractivity contribution in [2.75, 3.05) is 18.4 Å². The van der Waals surface area contributed by atoms with Gasteiger partial charge in [0.25, 0.3) is 5.91 Å². The molecule has 2 N–H and O–H groups in total. The molecule has 2 amide bonds. The monoisotopic (exact) mass is 374 g/mol. The van der Waals surface area contributed by atoms with Crippen LogP contribution < -0.4 is 10.9 Å². The molecule has 3 rings (SSSR count). The zero-order valence-electron chi connectivity index (χ0n) is 14.5. The maximum absolute atomic E-state index is 12.3. The number of carbonyl (C=O) groups is 2. The predicted molar refractivity (Wildman–Crippen MR) is 100 cm³/mol. The van der Waals surface area contributed by atoms with Crippen molar-refractivity contribution in [2.45, 2.75) is 38.5 Å². The number of hydrogen-bond acceptors (Lipinski definition) is 5. The third-order valence-corrected chi connectivity index (χ3v) is 5.18. The van der Waals surface area contributed by atoms with Crippen molar-refractivity contribution in [3.05, 3.63) is 45.3 Å². The Labute approximate surface area is 155 Å². The Bertz CT molecular complexity index is 801. The number of nitrogens with one attached hydrogen (secondary N) is 2. The number of likely N-dealkylation sites (tertiary alicyclic amines) is 1. The second-order valence-electron chi connectivity index (χ2n) is 6.33. The first-order chi connectivity index (χ1) is 12.6. The average molecular weight is 374 g/mol. The van der Waals surface area contributed by atoms with Gasteiger partial charge in [-0.1, -0.05) is 12.8 Å². The second-order valence-corrected chi connectivity index (χ2v) is 7.19. The summed E-state index contributed by atoms with van der Waals surface area (Å²) in [7, 11) is 0. The van der Waals surface area contributed by atoms with Crippen molar-refractivity contribution in [1.82, 2.24) is 14.9 Å². The van der Waals surface area contributed by atoms with Gasteiger partial charge in [0, 0.05) is 37.2 Å². The number of rotatable bonds is 5. The van der Waals surface area contributed by atoms with Gasteiger partial charge in [-0.3, -0.25) is 19.7 Å². The van der Waals surface area contributed by atoms with Gasteiger partial charge >= 0.3 is 0 Å². The molecule has 2 aromatic rings. The minimum absolute atomic E-state index is 0.179. The van der Waals surface area contributed by atoms with Crippen molar-refractivity contribution in [1.29, 1.82) is 0 Å². The lowest BCUT2D eigenvalue weighted by Crippen LogP contribution is -2.31. The van der Waals surface area contributed by atoms with Gasteiger partial charge < -0.3 is 9.88 Å². The standard InChI is InChI=1S/C18H22N4O3S/c23-15-7-5-13(11-19-15)17(25)21-18-20-14(12-26-18)6-8-16(24)22-9-3-1-2-4-10-22/h5,7,11-12H,1-4,6,8-10H2,(H,19,23)(H,20,21,25). The fourth-order valence-electron chi connectivity index (χ4n) is 2.91. The van der Waals surface area contributed by atoms with Crippen LogP contribution in [0.5, 0.6) is 0 Å². The lowest BCUT2D eigenvalue weighted by molar-refractivity contribution is -0.131. The summed E-state index contributed by atoms with van der Waals surface area (Å²) < 4.78 is 0. The molecule has 1 fully saturated rings. The molecule has 0 aromatic carbocycles. The normalized spacial score (nSPS) is 14.7. The van der Waals surface area contributed by atoms with Gasteiger partial charge in [-0.25, -0.2) is 4.98 Å². The van der Waals surface area contributed by atoms with Crippen molar-refractivity contribution in [2.24, 2.45) is 0 Å². The number of carbonyl (C=O) groups excluding carboxylic acids is 2. The van der Waals surface area contributed by atoms with Crippen molar-refractivity contribution in [3.63, 3.8) is 0 Å². The Morgan fingerprint density at radius 3 is 2.65 bits per heavy atom. The Balaban J connectivity index is 1.51. The van der Waals surface area contributed by atoms with Crippen LogP contribution in [0.15, 0.2) is 28.5 Å². The smallest absolute Gasteiger partial charge is 0.258 e. The number of anilines is 1. The van der Waals surface area contributed by atoms with Crippen LogP contribution in [0.3, 0.4) is 0 Å². The summed E-state index contributed by atoms with van der Waals surface area (Å²) in [6.07, 6.45) is 6.96. The van der Waals surface area contributed by atoms with E-state index in [0.717, 1.165) is 31.6 Å². The van der Waals surface area contributed by atoms with Gasteiger partial charge in [0.15, 0.2) is 5.13 Å². The molecule has 7 nitrogen and oxygen atoms in total. The summed E-state index contributed by atoms with van der Waals surface area (Å²) >= 11 is 1.33. The van der Waals surface area contributed by atoms with E-state index in [1.54, 1.807) is 0 Å². The Hall–Kier alpha value is -2.48. The van der Waals surface area contributed by atoms with Crippen LogP contribution in [0.25, 0.3) is 0 Å². The third kappa shape index (κ3) is 5.01.